The van der Waals surface area contributed by atoms with Crippen molar-refractivity contribution in [3.05, 3.63) is 78.2 Å². The maximum absolute atomic E-state index is 14.0. The van der Waals surface area contributed by atoms with E-state index in [9.17, 15) is 23.1 Å². The average Bonchev–Trinajstić information content (AvgIpc) is 3.45. The summed E-state index contributed by atoms with van der Waals surface area (Å²) in [6, 6.07) is 8.84. The zero-order valence-electron chi connectivity index (χ0n) is 19.3. The van der Waals surface area contributed by atoms with Crippen LogP contribution in [-0.4, -0.2) is 36.1 Å². The molecule has 36 heavy (non-hydrogen) atoms. The standard InChI is InChI=1S/C25H23F3N4O3S/c1-35-18-4-2-15(20(12-18)25(26,27)28)11-19(14-3-5-21-16(10-14)13-30-31-21)22-23(33)32(24(34)36-22)17-6-8-29-9-7-17/h2-5,10,12-13,17,29,33H,6-9,11H2,1H3. The van der Waals surface area contributed by atoms with Gasteiger partial charge in [-0.2, -0.15) is 23.4 Å². The van der Waals surface area contributed by atoms with E-state index in [1.807, 2.05) is 0 Å². The van der Waals surface area contributed by atoms with Gasteiger partial charge in [-0.15, -0.1) is 0 Å². The van der Waals surface area contributed by atoms with E-state index >= 15 is 0 Å². The van der Waals surface area contributed by atoms with Crippen LogP contribution >= 0.6 is 11.3 Å². The first-order chi connectivity index (χ1) is 17.3. The van der Waals surface area contributed by atoms with Gasteiger partial charge in [-0.25, -0.2) is 0 Å². The van der Waals surface area contributed by atoms with E-state index < -0.39 is 11.7 Å². The normalized spacial score (nSPS) is 16.6. The number of nitrogens with zero attached hydrogens (tertiary/aromatic N) is 3. The third-order valence-electron chi connectivity index (χ3n) is 6.49. The van der Waals surface area contributed by atoms with E-state index in [-0.39, 0.29) is 39.4 Å². The van der Waals surface area contributed by atoms with Gasteiger partial charge in [0.1, 0.15) is 5.75 Å². The molecule has 0 unspecified atom stereocenters. The molecule has 11 heteroatoms. The Morgan fingerprint density at radius 1 is 1.22 bits per heavy atom. The number of nitrogens with one attached hydrogen (secondary N) is 1. The molecule has 2 aromatic carbocycles. The Balaban J connectivity index is 1.71. The molecule has 0 spiro atoms. The Labute approximate surface area is 207 Å². The van der Waals surface area contributed by atoms with Crippen molar-refractivity contribution in [2.75, 3.05) is 20.2 Å². The van der Waals surface area contributed by atoms with Gasteiger partial charge in [-0.3, -0.25) is 9.36 Å². The fourth-order valence-electron chi connectivity index (χ4n) is 4.66. The number of rotatable bonds is 5. The number of halogens is 3. The molecule has 1 aromatic heterocycles. The van der Waals surface area contributed by atoms with Crippen molar-refractivity contribution in [1.29, 1.82) is 0 Å². The largest absolute Gasteiger partial charge is 0.497 e. The van der Waals surface area contributed by atoms with Crippen LogP contribution in [0.5, 0.6) is 11.6 Å². The number of benzene rings is 2. The van der Waals surface area contributed by atoms with Crippen molar-refractivity contribution in [3.8, 4) is 11.6 Å². The highest BCUT2D eigenvalue weighted by molar-refractivity contribution is 7.10. The second kappa shape index (κ2) is 9.55. The molecular weight excluding hydrogens is 493 g/mol. The molecule has 1 saturated heterocycles. The molecule has 0 amide bonds. The number of piperidine rings is 1. The van der Waals surface area contributed by atoms with Crippen molar-refractivity contribution >= 4 is 23.1 Å². The van der Waals surface area contributed by atoms with Gasteiger partial charge in [0.2, 0.25) is 5.88 Å². The average molecular weight is 517 g/mol. The summed E-state index contributed by atoms with van der Waals surface area (Å²) in [5.41, 5.74) is 0.300. The van der Waals surface area contributed by atoms with Gasteiger partial charge < -0.3 is 15.2 Å². The number of aromatic nitrogens is 1. The fraction of sp³-hybridized carbons (Fsp3) is 0.320. The molecule has 0 bridgehead atoms. The maximum atomic E-state index is 14.0. The molecule has 3 aromatic rings. The zero-order chi connectivity index (χ0) is 25.4. The molecule has 2 N–H and O–H groups in total. The molecule has 7 nitrogen and oxygen atoms in total. The maximum Gasteiger partial charge on any atom is 0.416 e. The monoisotopic (exact) mass is 516 g/mol. The third kappa shape index (κ3) is 4.56. The second-order valence-electron chi connectivity index (χ2n) is 8.67. The van der Waals surface area contributed by atoms with Crippen LogP contribution in [0.2, 0.25) is 0 Å². The third-order valence-corrected chi connectivity index (χ3v) is 7.50. The summed E-state index contributed by atoms with van der Waals surface area (Å²) in [5, 5.41) is 23.6. The Kier molecular flexibility index (Phi) is 6.44. The summed E-state index contributed by atoms with van der Waals surface area (Å²) in [4.78, 5) is 12.9. The van der Waals surface area contributed by atoms with Crippen LogP contribution in [0.25, 0.3) is 5.57 Å². The topological polar surface area (TPSA) is 88.2 Å². The van der Waals surface area contributed by atoms with Crippen LogP contribution in [0.15, 0.2) is 51.4 Å². The molecule has 1 fully saturated rings. The van der Waals surface area contributed by atoms with E-state index in [2.05, 4.69) is 15.5 Å². The van der Waals surface area contributed by atoms with Gasteiger partial charge in [-0.1, -0.05) is 23.5 Å². The van der Waals surface area contributed by atoms with Gasteiger partial charge in [0.05, 0.1) is 29.1 Å². The zero-order valence-corrected chi connectivity index (χ0v) is 20.1. The summed E-state index contributed by atoms with van der Waals surface area (Å²) in [5.74, 6) is -0.125. The predicted molar refractivity (Wildman–Crippen MR) is 130 cm³/mol. The Bertz CT molecular complexity index is 1520. The van der Waals surface area contributed by atoms with Crippen molar-refractivity contribution in [1.82, 2.24) is 9.88 Å². The minimum absolute atomic E-state index is 0.00539. The van der Waals surface area contributed by atoms with Crippen molar-refractivity contribution in [2.24, 2.45) is 10.2 Å². The minimum Gasteiger partial charge on any atom is -0.497 e. The van der Waals surface area contributed by atoms with Gasteiger partial charge in [0.25, 0.3) is 0 Å². The Hall–Kier alpha value is -3.44. The first-order valence-electron chi connectivity index (χ1n) is 11.4. The van der Waals surface area contributed by atoms with Crippen LogP contribution in [0, 0.1) is 0 Å². The summed E-state index contributed by atoms with van der Waals surface area (Å²) in [6.45, 7) is 1.43. The first kappa shape index (κ1) is 24.3. The molecule has 3 heterocycles. The molecule has 2 aliphatic rings. The lowest BCUT2D eigenvalue weighted by Gasteiger charge is -2.23. The number of alkyl halides is 3. The van der Waals surface area contributed by atoms with Gasteiger partial charge >= 0.3 is 11.0 Å². The summed E-state index contributed by atoms with van der Waals surface area (Å²) >= 11 is 0.848. The minimum atomic E-state index is -4.62. The lowest BCUT2D eigenvalue weighted by atomic mass is 9.96. The fourth-order valence-corrected chi connectivity index (χ4v) is 5.67. The molecule has 0 radical (unpaired) electrons. The predicted octanol–water partition coefficient (Wildman–Crippen LogP) is 2.98. The molecule has 2 aliphatic heterocycles. The van der Waals surface area contributed by atoms with Crippen LogP contribution in [0.4, 0.5) is 13.2 Å². The molecule has 0 saturated carbocycles. The first-order valence-corrected chi connectivity index (χ1v) is 12.2. The van der Waals surface area contributed by atoms with Crippen LogP contribution < -0.4 is 25.5 Å². The van der Waals surface area contributed by atoms with Crippen LogP contribution in [0.3, 0.4) is 0 Å². The number of methoxy groups -OCH3 is 1. The molecule has 0 atom stereocenters. The number of ether oxygens (including phenoxy) is 1. The molecule has 188 valence electrons. The van der Waals surface area contributed by atoms with Gasteiger partial charge in [0, 0.05) is 18.0 Å². The number of hydrogen-bond donors (Lipinski definition) is 2. The molecule has 5 rings (SSSR count). The van der Waals surface area contributed by atoms with E-state index in [0.29, 0.717) is 47.6 Å². The van der Waals surface area contributed by atoms with Crippen LogP contribution in [-0.2, 0) is 12.6 Å². The van der Waals surface area contributed by atoms with E-state index in [1.165, 1.54) is 23.8 Å². The lowest BCUT2D eigenvalue weighted by molar-refractivity contribution is -0.138. The van der Waals surface area contributed by atoms with Gasteiger partial charge in [-0.05, 0) is 66.6 Å². The SMILES string of the molecule is COc1ccc(CC(c2sc(=O)n(C3CCNCC3)c2O)=c2ccc3c(c2)C=NN=3)c(C(F)(F)F)c1. The summed E-state index contributed by atoms with van der Waals surface area (Å²) in [7, 11) is 1.31. The smallest absolute Gasteiger partial charge is 0.416 e. The highest BCUT2D eigenvalue weighted by Crippen LogP contribution is 2.38. The molecule has 0 aliphatic carbocycles. The van der Waals surface area contributed by atoms with Crippen molar-refractivity contribution in [3.63, 3.8) is 0 Å². The van der Waals surface area contributed by atoms with E-state index in [0.717, 1.165) is 17.4 Å². The lowest BCUT2D eigenvalue weighted by Crippen LogP contribution is -2.32. The quantitative estimate of drug-likeness (QED) is 0.546. The Morgan fingerprint density at radius 3 is 2.72 bits per heavy atom. The highest BCUT2D eigenvalue weighted by Gasteiger charge is 2.34. The number of hydrogen-bond acceptors (Lipinski definition) is 7. The Morgan fingerprint density at radius 2 is 2.00 bits per heavy atom. The highest BCUT2D eigenvalue weighted by atomic mass is 32.1. The summed E-state index contributed by atoms with van der Waals surface area (Å²) in [6.07, 6.45) is -1.87. The van der Waals surface area contributed by atoms with E-state index in [1.54, 1.807) is 24.4 Å². The van der Waals surface area contributed by atoms with E-state index in [4.69, 9.17) is 4.74 Å². The number of thiazole rings is 1. The molecular formula is C25H23F3N4O3S. The van der Waals surface area contributed by atoms with Crippen molar-refractivity contribution in [2.45, 2.75) is 31.5 Å². The number of fused-ring (bicyclic) bond motifs is 1. The van der Waals surface area contributed by atoms with Crippen LogP contribution in [0.1, 0.15) is 40.5 Å². The summed E-state index contributed by atoms with van der Waals surface area (Å²) < 4.78 is 48.4. The second-order valence-corrected chi connectivity index (χ2v) is 9.63. The van der Waals surface area contributed by atoms with Crippen molar-refractivity contribution < 1.29 is 23.0 Å². The van der Waals surface area contributed by atoms with Gasteiger partial charge in [0.15, 0.2) is 0 Å². The number of aromatic hydroxyl groups is 1.